The zero-order valence-electron chi connectivity index (χ0n) is 12.1. The van der Waals surface area contributed by atoms with Crippen LogP contribution in [-0.2, 0) is 20.0 Å². The number of anilines is 1. The third-order valence-corrected chi connectivity index (χ3v) is 3.56. The van der Waals surface area contributed by atoms with Crippen LogP contribution in [0.1, 0.15) is 31.2 Å². The number of phenols is 1. The molecule has 0 aliphatic carbocycles. The number of rotatable bonds is 7. The molecule has 0 aliphatic rings. The lowest BCUT2D eigenvalue weighted by molar-refractivity contribution is -0.671. The second kappa shape index (κ2) is 6.98. The first-order chi connectivity index (χ1) is 9.65. The number of imidazole rings is 1. The predicted octanol–water partition coefficient (Wildman–Crippen LogP) is 2.40. The summed E-state index contributed by atoms with van der Waals surface area (Å²) in [6.45, 7) is 1.08. The van der Waals surface area contributed by atoms with Crippen LogP contribution in [0.5, 0.6) is 5.75 Å². The number of benzene rings is 1. The highest BCUT2D eigenvalue weighted by Crippen LogP contribution is 2.20. The Kier molecular flexibility index (Phi) is 5.04. The molecule has 3 N–H and O–H groups in total. The Bertz CT molecular complexity index is 548. The number of hydrogen-bond donors (Lipinski definition) is 2. The highest BCUT2D eigenvalue weighted by atomic mass is 16.3. The summed E-state index contributed by atoms with van der Waals surface area (Å²) in [5.74, 6) is 0.301. The Morgan fingerprint density at radius 3 is 2.75 bits per heavy atom. The molecule has 1 aromatic heterocycles. The zero-order chi connectivity index (χ0) is 14.4. The third kappa shape index (κ3) is 4.30. The van der Waals surface area contributed by atoms with E-state index < -0.39 is 0 Å². The molecule has 0 amide bonds. The molecule has 0 saturated heterocycles. The number of nitrogen functional groups attached to an aromatic ring is 1. The molecule has 0 radical (unpaired) electrons. The van der Waals surface area contributed by atoms with Crippen molar-refractivity contribution in [1.29, 1.82) is 0 Å². The molecule has 1 heterocycles. The lowest BCUT2D eigenvalue weighted by Crippen LogP contribution is -2.23. The molecule has 0 atom stereocenters. The Hall–Kier alpha value is -1.97. The SMILES string of the molecule is C[n+]1ccn(CCCCCCc2cc(O)ccc2N)c1. The summed E-state index contributed by atoms with van der Waals surface area (Å²) in [6, 6.07) is 5.18. The first kappa shape index (κ1) is 14.4. The maximum Gasteiger partial charge on any atom is 0.243 e. The molecule has 4 heteroatoms. The summed E-state index contributed by atoms with van der Waals surface area (Å²) >= 11 is 0. The van der Waals surface area contributed by atoms with E-state index in [1.807, 2.05) is 7.05 Å². The van der Waals surface area contributed by atoms with Crippen LogP contribution in [0.2, 0.25) is 0 Å². The van der Waals surface area contributed by atoms with Crippen molar-refractivity contribution < 1.29 is 9.67 Å². The molecule has 2 aromatic rings. The smallest absolute Gasteiger partial charge is 0.243 e. The number of nitrogens with two attached hydrogens (primary N) is 1. The minimum Gasteiger partial charge on any atom is -0.508 e. The van der Waals surface area contributed by atoms with Gasteiger partial charge in [0.25, 0.3) is 0 Å². The number of aromatic nitrogens is 2. The maximum atomic E-state index is 9.45. The van der Waals surface area contributed by atoms with Gasteiger partial charge in [-0.2, -0.15) is 0 Å². The summed E-state index contributed by atoms with van der Waals surface area (Å²) in [5, 5.41) is 9.45. The van der Waals surface area contributed by atoms with Gasteiger partial charge in [0.2, 0.25) is 6.33 Å². The number of hydrogen-bond acceptors (Lipinski definition) is 2. The van der Waals surface area contributed by atoms with Gasteiger partial charge >= 0.3 is 0 Å². The number of nitrogens with zero attached hydrogens (tertiary/aromatic N) is 2. The highest BCUT2D eigenvalue weighted by Gasteiger charge is 2.02. The van der Waals surface area contributed by atoms with E-state index in [-0.39, 0.29) is 0 Å². The Morgan fingerprint density at radius 1 is 1.20 bits per heavy atom. The monoisotopic (exact) mass is 274 g/mol. The summed E-state index contributed by atoms with van der Waals surface area (Å²) in [6.07, 6.45) is 11.9. The first-order valence-corrected chi connectivity index (χ1v) is 7.23. The molecule has 20 heavy (non-hydrogen) atoms. The topological polar surface area (TPSA) is 55.1 Å². The van der Waals surface area contributed by atoms with Crippen LogP contribution >= 0.6 is 0 Å². The first-order valence-electron chi connectivity index (χ1n) is 7.23. The molecule has 0 saturated carbocycles. The summed E-state index contributed by atoms with van der Waals surface area (Å²) < 4.78 is 4.28. The second-order valence-corrected chi connectivity index (χ2v) is 5.36. The highest BCUT2D eigenvalue weighted by molar-refractivity contribution is 5.50. The molecular formula is C16H24N3O+. The normalized spacial score (nSPS) is 10.8. The van der Waals surface area contributed by atoms with Crippen LogP contribution in [-0.4, -0.2) is 9.67 Å². The van der Waals surface area contributed by atoms with Crippen molar-refractivity contribution in [3.05, 3.63) is 42.5 Å². The minimum absolute atomic E-state index is 0.301. The summed E-state index contributed by atoms with van der Waals surface area (Å²) in [5.41, 5.74) is 7.73. The molecule has 0 spiro atoms. The van der Waals surface area contributed by atoms with E-state index in [1.165, 1.54) is 19.3 Å². The van der Waals surface area contributed by atoms with E-state index in [9.17, 15) is 5.11 Å². The molecule has 4 nitrogen and oxygen atoms in total. The van der Waals surface area contributed by atoms with Crippen molar-refractivity contribution in [2.75, 3.05) is 5.73 Å². The number of phenolic OH excluding ortho intramolecular Hbond substituents is 1. The van der Waals surface area contributed by atoms with E-state index in [1.54, 1.807) is 18.2 Å². The second-order valence-electron chi connectivity index (χ2n) is 5.36. The maximum absolute atomic E-state index is 9.45. The standard InChI is InChI=1S/C16H23N3O/c1-18-10-11-19(13-18)9-5-3-2-4-6-14-12-15(20)7-8-16(14)17/h7-8,10-13H,2-6,9,17H2,1H3/p+1. The van der Waals surface area contributed by atoms with Gasteiger partial charge in [-0.1, -0.05) is 6.42 Å². The lowest BCUT2D eigenvalue weighted by Gasteiger charge is -2.06. The fraction of sp³-hybridized carbons (Fsp3) is 0.438. The van der Waals surface area contributed by atoms with Crippen molar-refractivity contribution in [3.63, 3.8) is 0 Å². The Balaban J connectivity index is 1.63. The van der Waals surface area contributed by atoms with Gasteiger partial charge < -0.3 is 10.8 Å². The predicted molar refractivity (Wildman–Crippen MR) is 80.3 cm³/mol. The van der Waals surface area contributed by atoms with Crippen LogP contribution in [0, 0.1) is 0 Å². The van der Waals surface area contributed by atoms with Crippen molar-refractivity contribution in [2.24, 2.45) is 7.05 Å². The van der Waals surface area contributed by atoms with Gasteiger partial charge in [0.15, 0.2) is 0 Å². The van der Waals surface area contributed by atoms with Crippen LogP contribution in [0.4, 0.5) is 5.69 Å². The molecule has 0 fully saturated rings. The average Bonchev–Trinajstić information content (AvgIpc) is 2.83. The average molecular weight is 274 g/mol. The Morgan fingerprint density at radius 2 is 2.00 bits per heavy atom. The van der Waals surface area contributed by atoms with Crippen molar-refractivity contribution in [3.8, 4) is 5.75 Å². The van der Waals surface area contributed by atoms with Gasteiger partial charge in [-0.25, -0.2) is 9.13 Å². The van der Waals surface area contributed by atoms with Gasteiger partial charge in [-0.15, -0.1) is 0 Å². The molecule has 0 unspecified atom stereocenters. The van der Waals surface area contributed by atoms with Crippen LogP contribution in [0.25, 0.3) is 0 Å². The van der Waals surface area contributed by atoms with Crippen LogP contribution in [0.3, 0.4) is 0 Å². The van der Waals surface area contributed by atoms with E-state index >= 15 is 0 Å². The van der Waals surface area contributed by atoms with Gasteiger partial charge in [-0.05, 0) is 49.4 Å². The number of unbranched alkanes of at least 4 members (excludes halogenated alkanes) is 3. The molecule has 1 aromatic carbocycles. The largest absolute Gasteiger partial charge is 0.508 e. The molecule has 0 bridgehead atoms. The molecular weight excluding hydrogens is 250 g/mol. The van der Waals surface area contributed by atoms with Gasteiger partial charge in [0.05, 0.1) is 13.6 Å². The van der Waals surface area contributed by atoms with Gasteiger partial charge in [-0.3, -0.25) is 0 Å². The van der Waals surface area contributed by atoms with Gasteiger partial charge in [0.1, 0.15) is 18.1 Å². The van der Waals surface area contributed by atoms with E-state index in [0.717, 1.165) is 30.6 Å². The van der Waals surface area contributed by atoms with Gasteiger partial charge in [0, 0.05) is 5.69 Å². The fourth-order valence-corrected chi connectivity index (χ4v) is 2.41. The van der Waals surface area contributed by atoms with E-state index in [2.05, 4.69) is 27.9 Å². The van der Waals surface area contributed by atoms with E-state index in [0.29, 0.717) is 5.75 Å². The molecule has 108 valence electrons. The number of aromatic hydroxyl groups is 1. The lowest BCUT2D eigenvalue weighted by atomic mass is 10.0. The molecule has 0 aliphatic heterocycles. The minimum atomic E-state index is 0.301. The van der Waals surface area contributed by atoms with Crippen molar-refractivity contribution in [2.45, 2.75) is 38.6 Å². The summed E-state index contributed by atoms with van der Waals surface area (Å²) in [7, 11) is 2.04. The van der Waals surface area contributed by atoms with Crippen molar-refractivity contribution >= 4 is 5.69 Å². The van der Waals surface area contributed by atoms with Crippen LogP contribution < -0.4 is 10.3 Å². The third-order valence-electron chi connectivity index (χ3n) is 3.56. The Labute approximate surface area is 120 Å². The quantitative estimate of drug-likeness (QED) is 0.352. The molecule has 2 rings (SSSR count). The van der Waals surface area contributed by atoms with E-state index in [4.69, 9.17) is 5.73 Å². The summed E-state index contributed by atoms with van der Waals surface area (Å²) in [4.78, 5) is 0. The fourth-order valence-electron chi connectivity index (χ4n) is 2.41. The zero-order valence-corrected chi connectivity index (χ0v) is 12.1. The number of aryl methyl sites for hydroxylation is 3. The van der Waals surface area contributed by atoms with Crippen molar-refractivity contribution in [1.82, 2.24) is 4.57 Å². The van der Waals surface area contributed by atoms with Crippen LogP contribution in [0.15, 0.2) is 36.9 Å².